The molecule has 2 N–H and O–H groups in total. The van der Waals surface area contributed by atoms with Crippen LogP contribution in [0.15, 0.2) is 41.7 Å². The van der Waals surface area contributed by atoms with Crippen molar-refractivity contribution in [2.24, 2.45) is 16.1 Å². The monoisotopic (exact) mass is 369 g/mol. The molecule has 1 aliphatic heterocycles. The third-order valence-electron chi connectivity index (χ3n) is 5.55. The molecular weight excluding hydrogens is 345 g/mol. The number of aliphatic imine (C=N–C) groups is 1. The Bertz CT molecular complexity index is 897. The summed E-state index contributed by atoms with van der Waals surface area (Å²) in [6, 6.07) is 6.70. The highest BCUT2D eigenvalue weighted by Crippen LogP contribution is 2.47. The zero-order valence-corrected chi connectivity index (χ0v) is 16.0. The summed E-state index contributed by atoms with van der Waals surface area (Å²) in [5, 5.41) is 0. The van der Waals surface area contributed by atoms with Crippen molar-refractivity contribution in [2.75, 3.05) is 7.05 Å². The number of hydrogen-bond donors (Lipinski definition) is 1. The molecule has 0 fully saturated rings. The van der Waals surface area contributed by atoms with Crippen LogP contribution in [0.1, 0.15) is 37.7 Å². The predicted octanol–water partition coefficient (Wildman–Crippen LogP) is 2.43. The molecular formula is C20H24FN5O. The number of nitrogens with two attached hydrogens (primary N) is 1. The van der Waals surface area contributed by atoms with Crippen molar-refractivity contribution in [3.05, 3.63) is 59.4 Å². The average molecular weight is 369 g/mol. The number of hydrogen-bond acceptors (Lipinski definition) is 5. The number of amides is 1. The minimum absolute atomic E-state index is 0.0873. The lowest BCUT2D eigenvalue weighted by atomic mass is 9.67. The fourth-order valence-corrected chi connectivity index (χ4v) is 3.39. The third-order valence-corrected chi connectivity index (χ3v) is 5.55. The van der Waals surface area contributed by atoms with Crippen molar-refractivity contribution >= 4 is 11.9 Å². The Hall–Kier alpha value is -2.83. The Kier molecular flexibility index (Phi) is 4.71. The van der Waals surface area contributed by atoms with Crippen LogP contribution < -0.4 is 5.73 Å². The fourth-order valence-electron chi connectivity index (χ4n) is 3.39. The van der Waals surface area contributed by atoms with E-state index in [0.29, 0.717) is 18.4 Å². The molecule has 2 aromatic rings. The lowest BCUT2D eigenvalue weighted by molar-refractivity contribution is -0.140. The van der Waals surface area contributed by atoms with Gasteiger partial charge in [-0.3, -0.25) is 9.69 Å². The largest absolute Gasteiger partial charge is 0.369 e. The molecule has 1 atom stereocenters. The summed E-state index contributed by atoms with van der Waals surface area (Å²) in [6.07, 6.45) is 4.69. The van der Waals surface area contributed by atoms with Crippen molar-refractivity contribution in [3.63, 3.8) is 0 Å². The van der Waals surface area contributed by atoms with Crippen LogP contribution in [0.5, 0.6) is 0 Å². The van der Waals surface area contributed by atoms with Gasteiger partial charge in [0.1, 0.15) is 17.2 Å². The smallest absolute Gasteiger partial charge is 0.237 e. The normalized spacial score (nSPS) is 21.9. The van der Waals surface area contributed by atoms with Crippen molar-refractivity contribution in [1.29, 1.82) is 0 Å². The van der Waals surface area contributed by atoms with Gasteiger partial charge in [0, 0.05) is 31.4 Å². The highest BCUT2D eigenvalue weighted by atomic mass is 19.1. The van der Waals surface area contributed by atoms with Crippen LogP contribution in [-0.2, 0) is 23.2 Å². The number of carbonyl (C=O) groups excluding carboxylic acids is 1. The highest BCUT2D eigenvalue weighted by Gasteiger charge is 2.53. The molecule has 0 aliphatic carbocycles. The van der Waals surface area contributed by atoms with Gasteiger partial charge in [-0.1, -0.05) is 12.1 Å². The Morgan fingerprint density at radius 3 is 2.48 bits per heavy atom. The highest BCUT2D eigenvalue weighted by molar-refractivity contribution is 6.01. The first-order chi connectivity index (χ1) is 12.7. The van der Waals surface area contributed by atoms with Crippen LogP contribution in [0.2, 0.25) is 0 Å². The third kappa shape index (κ3) is 3.18. The van der Waals surface area contributed by atoms with Gasteiger partial charge >= 0.3 is 0 Å². The van der Waals surface area contributed by atoms with E-state index in [4.69, 9.17) is 5.73 Å². The van der Waals surface area contributed by atoms with Crippen LogP contribution >= 0.6 is 0 Å². The van der Waals surface area contributed by atoms with Crippen molar-refractivity contribution in [2.45, 2.75) is 39.2 Å². The molecule has 3 rings (SSSR count). The molecule has 0 spiro atoms. The molecule has 142 valence electrons. The first-order valence-corrected chi connectivity index (χ1v) is 8.85. The number of rotatable bonds is 4. The van der Waals surface area contributed by atoms with Gasteiger partial charge in [-0.25, -0.2) is 19.4 Å². The molecule has 0 saturated heterocycles. The molecule has 0 radical (unpaired) electrons. The van der Waals surface area contributed by atoms with Gasteiger partial charge in [-0.15, -0.1) is 0 Å². The topological polar surface area (TPSA) is 84.5 Å². The average Bonchev–Trinajstić information content (AvgIpc) is 2.65. The molecule has 6 nitrogen and oxygen atoms in total. The first-order valence-electron chi connectivity index (χ1n) is 8.85. The van der Waals surface area contributed by atoms with Gasteiger partial charge in [-0.2, -0.15) is 0 Å². The quantitative estimate of drug-likeness (QED) is 0.897. The van der Waals surface area contributed by atoms with Crippen LogP contribution in [0.25, 0.3) is 0 Å². The molecule has 1 aliphatic rings. The minimum atomic E-state index is -1.11. The summed E-state index contributed by atoms with van der Waals surface area (Å²) in [5.74, 6) is 0.218. The lowest BCUT2D eigenvalue weighted by Crippen LogP contribution is -2.58. The Labute approximate surface area is 158 Å². The Morgan fingerprint density at radius 2 is 1.81 bits per heavy atom. The number of nitrogens with zero attached hydrogens (tertiary/aromatic N) is 4. The van der Waals surface area contributed by atoms with E-state index < -0.39 is 16.8 Å². The second-order valence-corrected chi connectivity index (χ2v) is 7.51. The molecule has 27 heavy (non-hydrogen) atoms. The standard InChI is InChI=1S/C20H24FN5O/c1-19(2)17(27)26(4)18(22)25-20(19,3)14-12-13(6-8-15(14)21)7-9-16-23-10-5-11-24-16/h5-6,8,10-12H,7,9H2,1-4H3,(H2,22,25)/t20-/m1/s1. The molecule has 2 heterocycles. The second kappa shape index (κ2) is 6.72. The molecule has 0 bridgehead atoms. The SMILES string of the molecule is CN1C(=O)C(C)(C)[C@@](C)(c2cc(CCc3ncccn3)ccc2F)N=C1N. The van der Waals surface area contributed by atoms with Crippen molar-refractivity contribution < 1.29 is 9.18 Å². The summed E-state index contributed by atoms with van der Waals surface area (Å²) >= 11 is 0. The van der Waals surface area contributed by atoms with Gasteiger partial charge in [0.15, 0.2) is 5.96 Å². The van der Waals surface area contributed by atoms with Gasteiger partial charge in [-0.05, 0) is 44.9 Å². The summed E-state index contributed by atoms with van der Waals surface area (Å²) < 4.78 is 14.8. The summed E-state index contributed by atoms with van der Waals surface area (Å²) in [4.78, 5) is 27.0. The number of guanidine groups is 1. The molecule has 7 heteroatoms. The Morgan fingerprint density at radius 1 is 1.15 bits per heavy atom. The maximum atomic E-state index is 14.8. The fraction of sp³-hybridized carbons (Fsp3) is 0.400. The molecule has 1 aromatic heterocycles. The van der Waals surface area contributed by atoms with Gasteiger partial charge in [0.25, 0.3) is 0 Å². The Balaban J connectivity index is 1.99. The van der Waals surface area contributed by atoms with Gasteiger partial charge in [0.05, 0.1) is 5.41 Å². The molecule has 0 unspecified atom stereocenters. The van der Waals surface area contributed by atoms with Gasteiger partial charge in [0.2, 0.25) is 5.91 Å². The first kappa shape index (κ1) is 18.9. The molecule has 1 aromatic carbocycles. The summed E-state index contributed by atoms with van der Waals surface area (Å²) in [5.41, 5.74) is 5.17. The van der Waals surface area contributed by atoms with E-state index in [-0.39, 0.29) is 11.9 Å². The number of aromatic nitrogens is 2. The van der Waals surface area contributed by atoms with Crippen LogP contribution in [-0.4, -0.2) is 33.8 Å². The summed E-state index contributed by atoms with van der Waals surface area (Å²) in [7, 11) is 1.58. The van der Waals surface area contributed by atoms with E-state index in [1.165, 1.54) is 11.0 Å². The van der Waals surface area contributed by atoms with Crippen LogP contribution in [0, 0.1) is 11.2 Å². The summed E-state index contributed by atoms with van der Waals surface area (Å²) in [6.45, 7) is 5.30. The van der Waals surface area contributed by atoms with E-state index in [1.807, 2.05) is 0 Å². The lowest BCUT2D eigenvalue weighted by Gasteiger charge is -2.46. The zero-order valence-electron chi connectivity index (χ0n) is 16.0. The molecule has 1 amide bonds. The van der Waals surface area contributed by atoms with E-state index in [9.17, 15) is 9.18 Å². The van der Waals surface area contributed by atoms with E-state index in [0.717, 1.165) is 11.4 Å². The number of halogens is 1. The molecule has 0 saturated carbocycles. The number of aryl methyl sites for hydroxylation is 2. The second-order valence-electron chi connectivity index (χ2n) is 7.51. The van der Waals surface area contributed by atoms with E-state index >= 15 is 0 Å². The van der Waals surface area contributed by atoms with Crippen molar-refractivity contribution in [1.82, 2.24) is 14.9 Å². The van der Waals surface area contributed by atoms with Crippen LogP contribution in [0.4, 0.5) is 4.39 Å². The number of benzene rings is 1. The zero-order chi connectivity index (χ0) is 19.8. The number of carbonyl (C=O) groups is 1. The van der Waals surface area contributed by atoms with Gasteiger partial charge < -0.3 is 5.73 Å². The van der Waals surface area contributed by atoms with Crippen molar-refractivity contribution in [3.8, 4) is 0 Å². The van der Waals surface area contributed by atoms with Crippen LogP contribution in [0.3, 0.4) is 0 Å². The van der Waals surface area contributed by atoms with E-state index in [1.54, 1.807) is 58.4 Å². The minimum Gasteiger partial charge on any atom is -0.369 e. The predicted molar refractivity (Wildman–Crippen MR) is 101 cm³/mol. The van der Waals surface area contributed by atoms with E-state index in [2.05, 4.69) is 15.0 Å². The maximum Gasteiger partial charge on any atom is 0.237 e. The maximum absolute atomic E-state index is 14.8.